The zero-order valence-corrected chi connectivity index (χ0v) is 15.8. The number of amides is 1. The second-order valence-electron chi connectivity index (χ2n) is 6.19. The second kappa shape index (κ2) is 8.98. The van der Waals surface area contributed by atoms with Gasteiger partial charge < -0.3 is 9.73 Å². The smallest absolute Gasteiger partial charge is 0.262 e. The molecule has 0 spiro atoms. The number of nitrogens with zero attached hydrogens (tertiary/aromatic N) is 1. The molecular weight excluding hydrogens is 368 g/mol. The molecule has 1 amide bonds. The predicted octanol–water partition coefficient (Wildman–Crippen LogP) is 5.44. The summed E-state index contributed by atoms with van der Waals surface area (Å²) in [6, 6.07) is 13.2. The van der Waals surface area contributed by atoms with Crippen LogP contribution < -0.4 is 5.32 Å². The van der Waals surface area contributed by atoms with Crippen molar-refractivity contribution < 1.29 is 9.21 Å². The number of hydrogen-bond acceptors (Lipinski definition) is 4. The lowest BCUT2D eigenvalue weighted by molar-refractivity contribution is -0.117. The van der Waals surface area contributed by atoms with Gasteiger partial charge >= 0.3 is 0 Å². The first-order valence-electron chi connectivity index (χ1n) is 8.60. The SMILES string of the molecule is N#C/C(=C/c1ccc(Sc2ccc(Cl)cc2)o1)C(=O)NC1CCCCC1. The van der Waals surface area contributed by atoms with Gasteiger partial charge in [-0.15, -0.1) is 0 Å². The summed E-state index contributed by atoms with van der Waals surface area (Å²) in [7, 11) is 0. The van der Waals surface area contributed by atoms with E-state index >= 15 is 0 Å². The highest BCUT2D eigenvalue weighted by molar-refractivity contribution is 7.99. The first kappa shape index (κ1) is 18.6. The predicted molar refractivity (Wildman–Crippen MR) is 103 cm³/mol. The van der Waals surface area contributed by atoms with E-state index in [1.807, 2.05) is 36.4 Å². The van der Waals surface area contributed by atoms with Crippen LogP contribution in [-0.4, -0.2) is 11.9 Å². The van der Waals surface area contributed by atoms with Crippen LogP contribution in [0.1, 0.15) is 37.9 Å². The van der Waals surface area contributed by atoms with Crippen molar-refractivity contribution in [3.63, 3.8) is 0 Å². The fraction of sp³-hybridized carbons (Fsp3) is 0.300. The number of rotatable bonds is 5. The number of nitriles is 1. The topological polar surface area (TPSA) is 66.0 Å². The van der Waals surface area contributed by atoms with E-state index in [0.717, 1.165) is 30.6 Å². The van der Waals surface area contributed by atoms with Gasteiger partial charge in [0.15, 0.2) is 5.09 Å². The number of carbonyl (C=O) groups is 1. The van der Waals surface area contributed by atoms with Crippen LogP contribution in [0.3, 0.4) is 0 Å². The fourth-order valence-electron chi connectivity index (χ4n) is 2.89. The minimum atomic E-state index is -0.331. The molecule has 0 unspecified atom stereocenters. The molecule has 1 N–H and O–H groups in total. The number of benzene rings is 1. The number of nitrogens with one attached hydrogen (secondary N) is 1. The molecule has 6 heteroatoms. The van der Waals surface area contributed by atoms with Gasteiger partial charge in [-0.3, -0.25) is 4.79 Å². The Morgan fingerprint density at radius 3 is 2.62 bits per heavy atom. The van der Waals surface area contributed by atoms with Crippen LogP contribution in [-0.2, 0) is 4.79 Å². The molecule has 1 aromatic carbocycles. The van der Waals surface area contributed by atoms with Crippen LogP contribution in [0.15, 0.2) is 56.4 Å². The van der Waals surface area contributed by atoms with Gasteiger partial charge in [0.2, 0.25) is 0 Å². The molecule has 2 aromatic rings. The first-order valence-corrected chi connectivity index (χ1v) is 9.79. The zero-order valence-electron chi connectivity index (χ0n) is 14.2. The van der Waals surface area contributed by atoms with Crippen LogP contribution in [0, 0.1) is 11.3 Å². The molecule has 0 aliphatic heterocycles. The Morgan fingerprint density at radius 2 is 1.92 bits per heavy atom. The quantitative estimate of drug-likeness (QED) is 0.548. The van der Waals surface area contributed by atoms with Crippen LogP contribution in [0.5, 0.6) is 0 Å². The molecule has 0 bridgehead atoms. The molecule has 1 saturated carbocycles. The highest BCUT2D eigenvalue weighted by Gasteiger charge is 2.18. The molecule has 26 heavy (non-hydrogen) atoms. The van der Waals surface area contributed by atoms with E-state index in [9.17, 15) is 10.1 Å². The third kappa shape index (κ3) is 5.17. The van der Waals surface area contributed by atoms with E-state index in [-0.39, 0.29) is 17.5 Å². The Hall–Kier alpha value is -2.16. The van der Waals surface area contributed by atoms with E-state index < -0.39 is 0 Å². The molecule has 0 atom stereocenters. The standard InChI is InChI=1S/C20H19ClN2O2S/c21-15-6-9-18(10-7-15)26-19-11-8-17(25-19)12-14(13-22)20(24)23-16-4-2-1-3-5-16/h6-12,16H,1-5H2,(H,23,24)/b14-12-. The zero-order chi connectivity index (χ0) is 18.4. The van der Waals surface area contributed by atoms with Gasteiger partial charge in [0.25, 0.3) is 5.91 Å². The number of carbonyl (C=O) groups excluding carboxylic acids is 1. The third-order valence-electron chi connectivity index (χ3n) is 4.23. The first-order chi connectivity index (χ1) is 12.6. The Bertz CT molecular complexity index is 830. The van der Waals surface area contributed by atoms with E-state index in [4.69, 9.17) is 16.0 Å². The Labute approximate surface area is 162 Å². The maximum Gasteiger partial charge on any atom is 0.262 e. The van der Waals surface area contributed by atoms with Crippen LogP contribution in [0.2, 0.25) is 5.02 Å². The molecule has 1 heterocycles. The maximum atomic E-state index is 12.3. The molecular formula is C20H19ClN2O2S. The van der Waals surface area contributed by atoms with Crippen LogP contribution in [0.4, 0.5) is 0 Å². The summed E-state index contributed by atoms with van der Waals surface area (Å²) in [6.07, 6.45) is 6.91. The van der Waals surface area contributed by atoms with Crippen molar-refractivity contribution in [1.29, 1.82) is 5.26 Å². The lowest BCUT2D eigenvalue weighted by Gasteiger charge is -2.22. The number of halogens is 1. The highest BCUT2D eigenvalue weighted by atomic mass is 35.5. The van der Waals surface area contributed by atoms with Crippen molar-refractivity contribution >= 4 is 35.3 Å². The molecule has 0 radical (unpaired) electrons. The van der Waals surface area contributed by atoms with Gasteiger partial charge in [0.1, 0.15) is 17.4 Å². The summed E-state index contributed by atoms with van der Waals surface area (Å²) in [6.45, 7) is 0. The van der Waals surface area contributed by atoms with Crippen molar-refractivity contribution in [3.8, 4) is 6.07 Å². The van der Waals surface area contributed by atoms with E-state index in [1.54, 1.807) is 6.07 Å². The van der Waals surface area contributed by atoms with Gasteiger partial charge in [-0.2, -0.15) is 5.26 Å². The second-order valence-corrected chi connectivity index (χ2v) is 7.71. The number of hydrogen-bond donors (Lipinski definition) is 1. The average Bonchev–Trinajstić information content (AvgIpc) is 3.09. The van der Waals surface area contributed by atoms with Crippen LogP contribution >= 0.6 is 23.4 Å². The Balaban J connectivity index is 1.65. The molecule has 1 aliphatic rings. The maximum absolute atomic E-state index is 12.3. The number of furan rings is 1. The van der Waals surface area contributed by atoms with E-state index in [2.05, 4.69) is 5.32 Å². The normalized spacial score (nSPS) is 15.5. The third-order valence-corrected chi connectivity index (χ3v) is 5.41. The summed E-state index contributed by atoms with van der Waals surface area (Å²) >= 11 is 7.33. The summed E-state index contributed by atoms with van der Waals surface area (Å²) < 4.78 is 5.71. The summed E-state index contributed by atoms with van der Waals surface area (Å²) in [5, 5.41) is 13.6. The largest absolute Gasteiger partial charge is 0.450 e. The molecule has 3 rings (SSSR count). The van der Waals surface area contributed by atoms with Crippen LogP contribution in [0.25, 0.3) is 6.08 Å². The van der Waals surface area contributed by atoms with Crippen molar-refractivity contribution in [1.82, 2.24) is 5.32 Å². The highest BCUT2D eigenvalue weighted by Crippen LogP contribution is 2.30. The van der Waals surface area contributed by atoms with E-state index in [1.165, 1.54) is 24.3 Å². The summed E-state index contributed by atoms with van der Waals surface area (Å²) in [4.78, 5) is 13.3. The lowest BCUT2D eigenvalue weighted by Crippen LogP contribution is -2.36. The summed E-state index contributed by atoms with van der Waals surface area (Å²) in [5.74, 6) is 0.152. The molecule has 1 fully saturated rings. The molecule has 1 aliphatic carbocycles. The average molecular weight is 387 g/mol. The van der Waals surface area contributed by atoms with Crippen molar-refractivity contribution in [2.45, 2.75) is 48.1 Å². The molecule has 4 nitrogen and oxygen atoms in total. The van der Waals surface area contributed by atoms with Crippen molar-refractivity contribution in [2.75, 3.05) is 0 Å². The lowest BCUT2D eigenvalue weighted by atomic mass is 9.95. The minimum Gasteiger partial charge on any atom is -0.450 e. The van der Waals surface area contributed by atoms with Gasteiger partial charge in [-0.05, 0) is 49.2 Å². The molecule has 134 valence electrons. The van der Waals surface area contributed by atoms with E-state index in [0.29, 0.717) is 15.9 Å². The molecule has 1 aromatic heterocycles. The van der Waals surface area contributed by atoms with Gasteiger partial charge in [0.05, 0.1) is 0 Å². The summed E-state index contributed by atoms with van der Waals surface area (Å²) in [5.41, 5.74) is 0.0629. The van der Waals surface area contributed by atoms with Crippen molar-refractivity contribution in [3.05, 3.63) is 52.8 Å². The van der Waals surface area contributed by atoms with Gasteiger partial charge in [0, 0.05) is 22.0 Å². The van der Waals surface area contributed by atoms with Gasteiger partial charge in [-0.1, -0.05) is 42.6 Å². The Morgan fingerprint density at radius 1 is 1.19 bits per heavy atom. The monoisotopic (exact) mass is 386 g/mol. The van der Waals surface area contributed by atoms with Crippen molar-refractivity contribution in [2.24, 2.45) is 0 Å². The minimum absolute atomic E-state index is 0.0629. The fourth-order valence-corrected chi connectivity index (χ4v) is 3.79. The Kier molecular flexibility index (Phi) is 6.43. The van der Waals surface area contributed by atoms with Gasteiger partial charge in [-0.25, -0.2) is 0 Å². The molecule has 0 saturated heterocycles.